The van der Waals surface area contributed by atoms with Gasteiger partial charge in [0.05, 0.1) is 24.3 Å². The molecule has 0 spiro atoms. The molecule has 0 fully saturated rings. The molecule has 1 aliphatic rings. The number of hydrogen-bond acceptors (Lipinski definition) is 4. The van der Waals surface area contributed by atoms with Crippen LogP contribution in [0.3, 0.4) is 0 Å². The molecule has 2 aromatic carbocycles. The van der Waals surface area contributed by atoms with E-state index in [1.807, 2.05) is 12.1 Å². The third-order valence-electron chi connectivity index (χ3n) is 4.32. The van der Waals surface area contributed by atoms with Crippen LogP contribution in [0.15, 0.2) is 30.3 Å². The average Bonchev–Trinajstić information content (AvgIpc) is 2.66. The van der Waals surface area contributed by atoms with Crippen molar-refractivity contribution < 1.29 is 19.0 Å². The number of ether oxygens (including phenoxy) is 3. The first-order valence-corrected chi connectivity index (χ1v) is 8.87. The fourth-order valence-electron chi connectivity index (χ4n) is 2.90. The smallest absolute Gasteiger partial charge is 0.260 e. The quantitative estimate of drug-likeness (QED) is 0.768. The Balaban J connectivity index is 1.66. The molecular weight excluding hydrogens is 377 g/mol. The molecular formula is C19H19Cl2NO4. The van der Waals surface area contributed by atoms with Gasteiger partial charge in [-0.1, -0.05) is 23.2 Å². The summed E-state index contributed by atoms with van der Waals surface area (Å²) < 4.78 is 16.2. The van der Waals surface area contributed by atoms with Crippen molar-refractivity contribution in [3.05, 3.63) is 51.5 Å². The Bertz CT molecular complexity index is 825. The van der Waals surface area contributed by atoms with Crippen molar-refractivity contribution in [3.63, 3.8) is 0 Å². The predicted molar refractivity (Wildman–Crippen MR) is 101 cm³/mol. The number of nitrogens with zero attached hydrogens (tertiary/aromatic N) is 1. The van der Waals surface area contributed by atoms with E-state index < -0.39 is 0 Å². The highest BCUT2D eigenvalue weighted by atomic mass is 35.5. The predicted octanol–water partition coefficient (Wildman–Crippen LogP) is 3.97. The van der Waals surface area contributed by atoms with Gasteiger partial charge in [0.1, 0.15) is 5.75 Å². The van der Waals surface area contributed by atoms with Gasteiger partial charge in [0.2, 0.25) is 0 Å². The van der Waals surface area contributed by atoms with Crippen LogP contribution in [0.25, 0.3) is 0 Å². The molecule has 3 rings (SSSR count). The second-order valence-corrected chi connectivity index (χ2v) is 6.72. The van der Waals surface area contributed by atoms with Gasteiger partial charge in [-0.05, 0) is 41.8 Å². The molecule has 0 atom stereocenters. The average molecular weight is 396 g/mol. The molecule has 0 saturated heterocycles. The minimum Gasteiger partial charge on any atom is -0.493 e. The number of carbonyl (C=O) groups is 1. The molecule has 1 aliphatic heterocycles. The normalized spacial score (nSPS) is 13.2. The SMILES string of the molecule is COc1cc2c(cc1OC)CN(C(=O)COc1ccc(Cl)c(Cl)c1)CC2. The summed E-state index contributed by atoms with van der Waals surface area (Å²) >= 11 is 11.8. The van der Waals surface area contributed by atoms with Crippen LogP contribution in [0.5, 0.6) is 17.2 Å². The van der Waals surface area contributed by atoms with E-state index in [9.17, 15) is 4.79 Å². The van der Waals surface area contributed by atoms with Crippen molar-refractivity contribution in [1.29, 1.82) is 0 Å². The van der Waals surface area contributed by atoms with Crippen molar-refractivity contribution >= 4 is 29.1 Å². The molecule has 138 valence electrons. The highest BCUT2D eigenvalue weighted by molar-refractivity contribution is 6.42. The van der Waals surface area contributed by atoms with Gasteiger partial charge in [0.25, 0.3) is 5.91 Å². The second-order valence-electron chi connectivity index (χ2n) is 5.91. The summed E-state index contributed by atoms with van der Waals surface area (Å²) in [6.45, 7) is 1.09. The molecule has 0 N–H and O–H groups in total. The summed E-state index contributed by atoms with van der Waals surface area (Å²) in [5.41, 5.74) is 2.22. The van der Waals surface area contributed by atoms with Crippen LogP contribution in [-0.2, 0) is 17.8 Å². The summed E-state index contributed by atoms with van der Waals surface area (Å²) in [5, 5.41) is 0.840. The largest absolute Gasteiger partial charge is 0.493 e. The van der Waals surface area contributed by atoms with E-state index in [1.165, 1.54) is 0 Å². The van der Waals surface area contributed by atoms with Crippen LogP contribution in [0.2, 0.25) is 10.0 Å². The lowest BCUT2D eigenvalue weighted by Gasteiger charge is -2.29. The third-order valence-corrected chi connectivity index (χ3v) is 5.06. The standard InChI is InChI=1S/C19H19Cl2NO4/c1-24-17-7-12-5-6-22(10-13(12)8-18(17)25-2)19(23)11-26-14-3-4-15(20)16(21)9-14/h3-4,7-9H,5-6,10-11H2,1-2H3. The number of hydrogen-bond donors (Lipinski definition) is 0. The van der Waals surface area contributed by atoms with Crippen LogP contribution in [-0.4, -0.2) is 38.2 Å². The molecule has 0 aliphatic carbocycles. The molecule has 0 unspecified atom stereocenters. The van der Waals surface area contributed by atoms with E-state index in [1.54, 1.807) is 37.3 Å². The van der Waals surface area contributed by atoms with Gasteiger partial charge in [-0.2, -0.15) is 0 Å². The maximum Gasteiger partial charge on any atom is 0.260 e. The molecule has 0 saturated carbocycles. The Morgan fingerprint density at radius 1 is 1.04 bits per heavy atom. The molecule has 0 aromatic heterocycles. The topological polar surface area (TPSA) is 48.0 Å². The number of carbonyl (C=O) groups excluding carboxylic acids is 1. The fraction of sp³-hybridized carbons (Fsp3) is 0.316. The zero-order chi connectivity index (χ0) is 18.7. The van der Waals surface area contributed by atoms with Gasteiger partial charge in [-0.15, -0.1) is 0 Å². The molecule has 0 bridgehead atoms. The van der Waals surface area contributed by atoms with Crippen molar-refractivity contribution in [2.24, 2.45) is 0 Å². The molecule has 5 nitrogen and oxygen atoms in total. The summed E-state index contributed by atoms with van der Waals surface area (Å²) in [6, 6.07) is 8.82. The van der Waals surface area contributed by atoms with E-state index in [4.69, 9.17) is 37.4 Å². The van der Waals surface area contributed by atoms with Gasteiger partial charge in [0, 0.05) is 19.2 Å². The first kappa shape index (κ1) is 18.7. The number of halogens is 2. The highest BCUT2D eigenvalue weighted by Crippen LogP contribution is 2.33. The van der Waals surface area contributed by atoms with E-state index in [0.717, 1.165) is 17.5 Å². The van der Waals surface area contributed by atoms with Crippen molar-refractivity contribution in [1.82, 2.24) is 4.90 Å². The number of benzene rings is 2. The molecule has 0 radical (unpaired) electrons. The number of amides is 1. The first-order chi connectivity index (χ1) is 12.5. The Morgan fingerprint density at radius 3 is 2.38 bits per heavy atom. The van der Waals surface area contributed by atoms with Crippen molar-refractivity contribution in [2.75, 3.05) is 27.4 Å². The first-order valence-electron chi connectivity index (χ1n) is 8.11. The minimum atomic E-state index is -0.0866. The second kappa shape index (κ2) is 8.06. The lowest BCUT2D eigenvalue weighted by atomic mass is 9.99. The van der Waals surface area contributed by atoms with Gasteiger partial charge in [0.15, 0.2) is 18.1 Å². The molecule has 7 heteroatoms. The Morgan fingerprint density at radius 2 is 1.73 bits per heavy atom. The third kappa shape index (κ3) is 4.00. The lowest BCUT2D eigenvalue weighted by Crippen LogP contribution is -2.38. The van der Waals surface area contributed by atoms with Gasteiger partial charge < -0.3 is 19.1 Å². The summed E-state index contributed by atoms with van der Waals surface area (Å²) in [5.74, 6) is 1.79. The maximum absolute atomic E-state index is 12.5. The van der Waals surface area contributed by atoms with E-state index >= 15 is 0 Å². The Kier molecular flexibility index (Phi) is 5.79. The molecule has 26 heavy (non-hydrogen) atoms. The highest BCUT2D eigenvalue weighted by Gasteiger charge is 2.23. The molecule has 1 amide bonds. The van der Waals surface area contributed by atoms with Crippen LogP contribution in [0.1, 0.15) is 11.1 Å². The molecule has 2 aromatic rings. The monoisotopic (exact) mass is 395 g/mol. The maximum atomic E-state index is 12.5. The van der Waals surface area contributed by atoms with Gasteiger partial charge in [-0.3, -0.25) is 4.79 Å². The summed E-state index contributed by atoms with van der Waals surface area (Å²) in [6.07, 6.45) is 0.758. The van der Waals surface area contributed by atoms with Gasteiger partial charge >= 0.3 is 0 Å². The van der Waals surface area contributed by atoms with Crippen molar-refractivity contribution in [2.45, 2.75) is 13.0 Å². The Hall–Kier alpha value is -2.11. The summed E-state index contributed by atoms with van der Waals surface area (Å²) in [4.78, 5) is 14.3. The van der Waals surface area contributed by atoms with E-state index in [0.29, 0.717) is 40.4 Å². The van der Waals surface area contributed by atoms with Crippen molar-refractivity contribution in [3.8, 4) is 17.2 Å². The van der Waals surface area contributed by atoms with Gasteiger partial charge in [-0.25, -0.2) is 0 Å². The van der Waals surface area contributed by atoms with E-state index in [-0.39, 0.29) is 12.5 Å². The van der Waals surface area contributed by atoms with Crippen LogP contribution < -0.4 is 14.2 Å². The van der Waals surface area contributed by atoms with Crippen LogP contribution in [0.4, 0.5) is 0 Å². The van der Waals surface area contributed by atoms with Crippen LogP contribution in [0, 0.1) is 0 Å². The zero-order valence-corrected chi connectivity index (χ0v) is 16.1. The molecule has 1 heterocycles. The summed E-state index contributed by atoms with van der Waals surface area (Å²) in [7, 11) is 3.21. The lowest BCUT2D eigenvalue weighted by molar-refractivity contribution is -0.134. The van der Waals surface area contributed by atoms with Crippen LogP contribution >= 0.6 is 23.2 Å². The number of methoxy groups -OCH3 is 2. The number of rotatable bonds is 5. The zero-order valence-electron chi connectivity index (χ0n) is 14.6. The van der Waals surface area contributed by atoms with E-state index in [2.05, 4.69) is 0 Å². The number of fused-ring (bicyclic) bond motifs is 1. The Labute approximate surface area is 162 Å². The minimum absolute atomic E-state index is 0.0550. The fourth-order valence-corrected chi connectivity index (χ4v) is 3.19.